The van der Waals surface area contributed by atoms with Crippen molar-refractivity contribution in [3.63, 3.8) is 0 Å². The maximum absolute atomic E-state index is 5.18. The number of hydrogen-bond acceptors (Lipinski definition) is 8. The van der Waals surface area contributed by atoms with E-state index in [1.807, 2.05) is 6.07 Å². The standard InChI is InChI=1S/C18H22N6O2/c1-11-5-6-13(9-12(11)2)22-17-15-16(20-8-7-19-15)23-18(24-17)21-10-14(25-3)26-4/h5-9,14H,10H2,1-4H3,(H2,20,21,22,23,24). The van der Waals surface area contributed by atoms with E-state index in [4.69, 9.17) is 9.47 Å². The van der Waals surface area contributed by atoms with Crippen molar-refractivity contribution in [1.82, 2.24) is 19.9 Å². The molecule has 3 aromatic rings. The van der Waals surface area contributed by atoms with Crippen LogP contribution in [-0.2, 0) is 9.47 Å². The summed E-state index contributed by atoms with van der Waals surface area (Å²) in [6, 6.07) is 6.14. The van der Waals surface area contributed by atoms with Crippen molar-refractivity contribution in [3.05, 3.63) is 41.7 Å². The Morgan fingerprint density at radius 1 is 1.00 bits per heavy atom. The number of rotatable bonds is 7. The smallest absolute Gasteiger partial charge is 0.227 e. The normalized spacial score (nSPS) is 11.1. The van der Waals surface area contributed by atoms with Crippen LogP contribution in [0.2, 0.25) is 0 Å². The van der Waals surface area contributed by atoms with E-state index < -0.39 is 6.29 Å². The molecule has 0 fully saturated rings. The van der Waals surface area contributed by atoms with E-state index in [-0.39, 0.29) is 0 Å². The van der Waals surface area contributed by atoms with Crippen molar-refractivity contribution >= 4 is 28.6 Å². The van der Waals surface area contributed by atoms with E-state index in [9.17, 15) is 0 Å². The molecule has 3 rings (SSSR count). The zero-order valence-electron chi connectivity index (χ0n) is 15.3. The predicted octanol–water partition coefficient (Wildman–Crippen LogP) is 2.81. The Morgan fingerprint density at radius 3 is 2.50 bits per heavy atom. The molecule has 0 aliphatic rings. The molecule has 2 N–H and O–H groups in total. The van der Waals surface area contributed by atoms with Gasteiger partial charge < -0.3 is 20.1 Å². The molecule has 0 unspecified atom stereocenters. The number of anilines is 3. The van der Waals surface area contributed by atoms with Crippen molar-refractivity contribution in [2.75, 3.05) is 31.4 Å². The van der Waals surface area contributed by atoms with Gasteiger partial charge in [0.15, 0.2) is 23.3 Å². The average Bonchev–Trinajstić information content (AvgIpc) is 2.65. The van der Waals surface area contributed by atoms with E-state index >= 15 is 0 Å². The maximum atomic E-state index is 5.18. The molecule has 0 amide bonds. The first-order valence-corrected chi connectivity index (χ1v) is 8.23. The number of fused-ring (bicyclic) bond motifs is 1. The second-order valence-corrected chi connectivity index (χ2v) is 5.83. The summed E-state index contributed by atoms with van der Waals surface area (Å²) in [6.45, 7) is 4.55. The summed E-state index contributed by atoms with van der Waals surface area (Å²) in [5.41, 5.74) is 4.46. The number of aromatic nitrogens is 4. The van der Waals surface area contributed by atoms with Crippen LogP contribution in [-0.4, -0.2) is 47.0 Å². The molecule has 136 valence electrons. The molecule has 2 heterocycles. The number of methoxy groups -OCH3 is 2. The molecule has 8 nitrogen and oxygen atoms in total. The van der Waals surface area contributed by atoms with Crippen LogP contribution >= 0.6 is 0 Å². The second-order valence-electron chi connectivity index (χ2n) is 5.83. The van der Waals surface area contributed by atoms with Gasteiger partial charge in [-0.05, 0) is 37.1 Å². The first-order chi connectivity index (χ1) is 12.6. The van der Waals surface area contributed by atoms with Crippen LogP contribution in [0.4, 0.5) is 17.5 Å². The summed E-state index contributed by atoms with van der Waals surface area (Å²) in [4.78, 5) is 17.6. The molecule has 26 heavy (non-hydrogen) atoms. The topological polar surface area (TPSA) is 94.1 Å². The van der Waals surface area contributed by atoms with Gasteiger partial charge in [-0.2, -0.15) is 9.97 Å². The lowest BCUT2D eigenvalue weighted by Crippen LogP contribution is -2.24. The summed E-state index contributed by atoms with van der Waals surface area (Å²) in [6.07, 6.45) is 2.83. The van der Waals surface area contributed by atoms with E-state index in [2.05, 4.69) is 56.5 Å². The minimum atomic E-state index is -0.396. The molecule has 0 bridgehead atoms. The molecular weight excluding hydrogens is 332 g/mol. The Labute approximate surface area is 152 Å². The highest BCUT2D eigenvalue weighted by Gasteiger charge is 2.12. The fourth-order valence-electron chi connectivity index (χ4n) is 2.42. The number of ether oxygens (including phenoxy) is 2. The maximum Gasteiger partial charge on any atom is 0.227 e. The molecule has 0 atom stereocenters. The number of nitrogens with one attached hydrogen (secondary N) is 2. The van der Waals surface area contributed by atoms with Crippen molar-refractivity contribution in [2.24, 2.45) is 0 Å². The van der Waals surface area contributed by atoms with E-state index in [0.29, 0.717) is 29.5 Å². The number of aryl methyl sites for hydroxylation is 2. The van der Waals surface area contributed by atoms with Gasteiger partial charge in [-0.15, -0.1) is 0 Å². The molecule has 1 aromatic carbocycles. The summed E-state index contributed by atoms with van der Waals surface area (Å²) in [5.74, 6) is 1.00. The molecule has 0 aliphatic carbocycles. The summed E-state index contributed by atoms with van der Waals surface area (Å²) in [7, 11) is 3.16. The zero-order chi connectivity index (χ0) is 18.5. The van der Waals surface area contributed by atoms with E-state index in [1.165, 1.54) is 11.1 Å². The third-order valence-electron chi connectivity index (χ3n) is 4.06. The quantitative estimate of drug-likeness (QED) is 0.626. The summed E-state index contributed by atoms with van der Waals surface area (Å²) in [5, 5.41) is 6.42. The van der Waals surface area contributed by atoms with Gasteiger partial charge in [0.05, 0.1) is 6.54 Å². The van der Waals surface area contributed by atoms with E-state index in [0.717, 1.165) is 5.69 Å². The van der Waals surface area contributed by atoms with Gasteiger partial charge in [-0.25, -0.2) is 9.97 Å². The van der Waals surface area contributed by atoms with Gasteiger partial charge >= 0.3 is 0 Å². The fraction of sp³-hybridized carbons (Fsp3) is 0.333. The Kier molecular flexibility index (Phi) is 5.55. The lowest BCUT2D eigenvalue weighted by molar-refractivity contribution is -0.0914. The Hall–Kier alpha value is -2.84. The highest BCUT2D eigenvalue weighted by atomic mass is 16.7. The Morgan fingerprint density at radius 2 is 1.77 bits per heavy atom. The highest BCUT2D eigenvalue weighted by Crippen LogP contribution is 2.23. The van der Waals surface area contributed by atoms with Crippen molar-refractivity contribution in [2.45, 2.75) is 20.1 Å². The first kappa shape index (κ1) is 18.0. The minimum absolute atomic E-state index is 0.396. The molecule has 0 spiro atoms. The molecule has 0 radical (unpaired) electrons. The van der Waals surface area contributed by atoms with Gasteiger partial charge in [0.1, 0.15) is 0 Å². The van der Waals surface area contributed by atoms with E-state index in [1.54, 1.807) is 26.6 Å². The van der Waals surface area contributed by atoms with Gasteiger partial charge in [0.2, 0.25) is 5.95 Å². The largest absolute Gasteiger partial charge is 0.354 e. The average molecular weight is 354 g/mol. The van der Waals surface area contributed by atoms with Crippen LogP contribution in [0, 0.1) is 13.8 Å². The third-order valence-corrected chi connectivity index (χ3v) is 4.06. The number of nitrogens with zero attached hydrogens (tertiary/aromatic N) is 4. The first-order valence-electron chi connectivity index (χ1n) is 8.23. The van der Waals surface area contributed by atoms with Crippen LogP contribution in [0.25, 0.3) is 11.2 Å². The number of benzene rings is 1. The monoisotopic (exact) mass is 354 g/mol. The van der Waals surface area contributed by atoms with Crippen LogP contribution in [0.15, 0.2) is 30.6 Å². The fourth-order valence-corrected chi connectivity index (χ4v) is 2.42. The highest BCUT2D eigenvalue weighted by molar-refractivity contribution is 5.85. The van der Waals surface area contributed by atoms with Gasteiger partial charge in [-0.3, -0.25) is 0 Å². The SMILES string of the molecule is COC(CNc1nc(Nc2ccc(C)c(C)c2)c2nccnc2n1)OC. The summed E-state index contributed by atoms with van der Waals surface area (Å²) >= 11 is 0. The lowest BCUT2D eigenvalue weighted by atomic mass is 10.1. The van der Waals surface area contributed by atoms with Crippen molar-refractivity contribution in [3.8, 4) is 0 Å². The predicted molar refractivity (Wildman–Crippen MR) is 101 cm³/mol. The van der Waals surface area contributed by atoms with Crippen molar-refractivity contribution < 1.29 is 9.47 Å². The molecule has 0 aliphatic heterocycles. The summed E-state index contributed by atoms with van der Waals surface area (Å²) < 4.78 is 10.4. The lowest BCUT2D eigenvalue weighted by Gasteiger charge is -2.15. The third kappa shape index (κ3) is 4.04. The van der Waals surface area contributed by atoms with Crippen LogP contribution in [0.5, 0.6) is 0 Å². The Balaban J connectivity index is 1.93. The molecule has 8 heteroatoms. The van der Waals surface area contributed by atoms with Gasteiger partial charge in [0.25, 0.3) is 0 Å². The van der Waals surface area contributed by atoms with Crippen molar-refractivity contribution in [1.29, 1.82) is 0 Å². The molecular formula is C18H22N6O2. The van der Waals surface area contributed by atoms with Crippen LogP contribution in [0.1, 0.15) is 11.1 Å². The Bertz CT molecular complexity index is 898. The van der Waals surface area contributed by atoms with Crippen LogP contribution < -0.4 is 10.6 Å². The molecule has 2 aromatic heterocycles. The second kappa shape index (κ2) is 8.03. The minimum Gasteiger partial charge on any atom is -0.354 e. The van der Waals surface area contributed by atoms with Gasteiger partial charge in [-0.1, -0.05) is 6.07 Å². The molecule has 0 saturated carbocycles. The zero-order valence-corrected chi connectivity index (χ0v) is 15.3. The number of hydrogen-bond donors (Lipinski definition) is 2. The van der Waals surface area contributed by atoms with Crippen LogP contribution in [0.3, 0.4) is 0 Å². The van der Waals surface area contributed by atoms with Gasteiger partial charge in [0, 0.05) is 32.3 Å². The molecule has 0 saturated heterocycles.